The van der Waals surface area contributed by atoms with Crippen LogP contribution in [0.2, 0.25) is 5.02 Å². The second kappa shape index (κ2) is 5.71. The van der Waals surface area contributed by atoms with Gasteiger partial charge in [0.25, 0.3) is 0 Å². The summed E-state index contributed by atoms with van der Waals surface area (Å²) in [6.45, 7) is 0. The van der Waals surface area contributed by atoms with Gasteiger partial charge in [0.05, 0.1) is 10.9 Å². The van der Waals surface area contributed by atoms with Crippen LogP contribution in [0.5, 0.6) is 11.5 Å². The Bertz CT molecular complexity index is 534. The summed E-state index contributed by atoms with van der Waals surface area (Å²) in [5, 5.41) is 0.539. The molecule has 1 aromatic heterocycles. The molecule has 0 radical (unpaired) electrons. The third-order valence-electron chi connectivity index (χ3n) is 2.12. The number of hydrogen-bond donors (Lipinski definition) is 0. The van der Waals surface area contributed by atoms with Crippen molar-refractivity contribution in [3.63, 3.8) is 0 Å². The van der Waals surface area contributed by atoms with Crippen LogP contribution in [0.4, 0.5) is 0 Å². The van der Waals surface area contributed by atoms with E-state index in [0.717, 1.165) is 10.0 Å². The molecule has 0 bridgehead atoms. The molecule has 1 aromatic carbocycles. The average Bonchev–Trinajstić information content (AvgIpc) is 2.33. The maximum Gasteiger partial charge on any atom is 0.146 e. The van der Waals surface area contributed by atoms with Crippen molar-refractivity contribution in [1.82, 2.24) is 4.98 Å². The summed E-state index contributed by atoms with van der Waals surface area (Å²) in [6, 6.07) is 7.20. The molecule has 0 unspecified atom stereocenters. The Balaban J connectivity index is 2.31. The summed E-state index contributed by atoms with van der Waals surface area (Å²) in [5.41, 5.74) is 0.827. The molecule has 0 amide bonds. The SMILES string of the molecule is ClCc1cnccc1Oc1ccc(Br)cc1Cl. The van der Waals surface area contributed by atoms with Gasteiger partial charge in [-0.25, -0.2) is 0 Å². The summed E-state index contributed by atoms with van der Waals surface area (Å²) in [6.07, 6.45) is 3.33. The lowest BCUT2D eigenvalue weighted by Gasteiger charge is -2.10. The second-order valence-electron chi connectivity index (χ2n) is 3.29. The minimum atomic E-state index is 0.345. The zero-order chi connectivity index (χ0) is 12.3. The van der Waals surface area contributed by atoms with Gasteiger partial charge < -0.3 is 4.74 Å². The van der Waals surface area contributed by atoms with Crippen LogP contribution in [-0.2, 0) is 5.88 Å². The van der Waals surface area contributed by atoms with E-state index in [0.29, 0.717) is 22.4 Å². The van der Waals surface area contributed by atoms with Crippen molar-refractivity contribution in [1.29, 1.82) is 0 Å². The molecule has 0 saturated heterocycles. The second-order valence-corrected chi connectivity index (χ2v) is 4.88. The maximum atomic E-state index is 6.07. The molecule has 2 nitrogen and oxygen atoms in total. The lowest BCUT2D eigenvalue weighted by atomic mass is 10.3. The molecule has 0 aliphatic rings. The molecule has 1 heterocycles. The van der Waals surface area contributed by atoms with Crippen LogP contribution in [0.25, 0.3) is 0 Å². The minimum Gasteiger partial charge on any atom is -0.455 e. The van der Waals surface area contributed by atoms with E-state index in [1.54, 1.807) is 30.6 Å². The average molecular weight is 333 g/mol. The smallest absolute Gasteiger partial charge is 0.146 e. The molecule has 0 saturated carbocycles. The Kier molecular flexibility index (Phi) is 4.26. The van der Waals surface area contributed by atoms with Gasteiger partial charge in [-0.2, -0.15) is 0 Å². The number of ether oxygens (including phenoxy) is 1. The van der Waals surface area contributed by atoms with Crippen molar-refractivity contribution in [3.05, 3.63) is 51.7 Å². The predicted molar refractivity (Wildman–Crippen MR) is 73.0 cm³/mol. The van der Waals surface area contributed by atoms with Crippen LogP contribution < -0.4 is 4.74 Å². The fourth-order valence-corrected chi connectivity index (χ4v) is 2.20. The molecule has 0 spiro atoms. The summed E-state index contributed by atoms with van der Waals surface area (Å²) in [7, 11) is 0. The summed E-state index contributed by atoms with van der Waals surface area (Å²) < 4.78 is 6.61. The third-order valence-corrected chi connectivity index (χ3v) is 3.19. The standard InChI is InChI=1S/C12H8BrCl2NO/c13-9-1-2-12(10(15)5-9)17-11-3-4-16-7-8(11)6-14/h1-5,7H,6H2. The van der Waals surface area contributed by atoms with Crippen molar-refractivity contribution in [2.24, 2.45) is 0 Å². The molecule has 0 fully saturated rings. The molecule has 0 atom stereocenters. The van der Waals surface area contributed by atoms with Crippen molar-refractivity contribution in [3.8, 4) is 11.5 Å². The number of aromatic nitrogens is 1. The van der Waals surface area contributed by atoms with Gasteiger partial charge in [-0.1, -0.05) is 27.5 Å². The Hall–Kier alpha value is -0.770. The van der Waals surface area contributed by atoms with Crippen molar-refractivity contribution < 1.29 is 4.74 Å². The number of rotatable bonds is 3. The van der Waals surface area contributed by atoms with E-state index in [-0.39, 0.29) is 0 Å². The van der Waals surface area contributed by atoms with Crippen molar-refractivity contribution in [2.75, 3.05) is 0 Å². The zero-order valence-electron chi connectivity index (χ0n) is 8.66. The number of alkyl halides is 1. The highest BCUT2D eigenvalue weighted by Crippen LogP contribution is 2.33. The first kappa shape index (κ1) is 12.7. The van der Waals surface area contributed by atoms with Crippen molar-refractivity contribution >= 4 is 39.1 Å². The molecule has 2 aromatic rings. The van der Waals surface area contributed by atoms with Crippen LogP contribution in [-0.4, -0.2) is 4.98 Å². The monoisotopic (exact) mass is 331 g/mol. The van der Waals surface area contributed by atoms with Crippen LogP contribution >= 0.6 is 39.1 Å². The number of halogens is 3. The molecule has 0 aliphatic heterocycles. The normalized spacial score (nSPS) is 10.3. The van der Waals surface area contributed by atoms with Crippen LogP contribution in [0.3, 0.4) is 0 Å². The van der Waals surface area contributed by atoms with E-state index in [1.165, 1.54) is 0 Å². The number of nitrogens with zero attached hydrogens (tertiary/aromatic N) is 1. The van der Waals surface area contributed by atoms with Crippen LogP contribution in [0, 0.1) is 0 Å². The lowest BCUT2D eigenvalue weighted by Crippen LogP contribution is -1.91. The summed E-state index contributed by atoms with van der Waals surface area (Å²) in [4.78, 5) is 3.99. The Labute approximate surface area is 118 Å². The van der Waals surface area contributed by atoms with Crippen LogP contribution in [0.1, 0.15) is 5.56 Å². The number of benzene rings is 1. The fraction of sp³-hybridized carbons (Fsp3) is 0.0833. The molecular weight excluding hydrogens is 325 g/mol. The minimum absolute atomic E-state index is 0.345. The molecule has 2 rings (SSSR count). The molecule has 0 N–H and O–H groups in total. The lowest BCUT2D eigenvalue weighted by molar-refractivity contribution is 0.477. The van der Waals surface area contributed by atoms with Gasteiger partial charge in [0.2, 0.25) is 0 Å². The van der Waals surface area contributed by atoms with E-state index < -0.39 is 0 Å². The highest BCUT2D eigenvalue weighted by atomic mass is 79.9. The van der Waals surface area contributed by atoms with E-state index in [2.05, 4.69) is 20.9 Å². The highest BCUT2D eigenvalue weighted by Gasteiger charge is 2.07. The zero-order valence-corrected chi connectivity index (χ0v) is 11.8. The Morgan fingerprint density at radius 1 is 1.24 bits per heavy atom. The van der Waals surface area contributed by atoms with Gasteiger partial charge in [-0.05, 0) is 24.3 Å². The number of hydrogen-bond acceptors (Lipinski definition) is 2. The number of pyridine rings is 1. The molecule has 17 heavy (non-hydrogen) atoms. The van der Waals surface area contributed by atoms with Gasteiger partial charge in [-0.15, -0.1) is 11.6 Å². The van der Waals surface area contributed by atoms with E-state index >= 15 is 0 Å². The van der Waals surface area contributed by atoms with E-state index in [4.69, 9.17) is 27.9 Å². The first-order chi connectivity index (χ1) is 8.20. The summed E-state index contributed by atoms with van der Waals surface area (Å²) in [5.74, 6) is 1.60. The van der Waals surface area contributed by atoms with Crippen molar-refractivity contribution in [2.45, 2.75) is 5.88 Å². The van der Waals surface area contributed by atoms with Gasteiger partial charge in [0.15, 0.2) is 0 Å². The molecular formula is C12H8BrCl2NO. The predicted octanol–water partition coefficient (Wildman–Crippen LogP) is 5.03. The van der Waals surface area contributed by atoms with Gasteiger partial charge in [0, 0.05) is 22.4 Å². The highest BCUT2D eigenvalue weighted by molar-refractivity contribution is 9.10. The molecule has 5 heteroatoms. The van der Waals surface area contributed by atoms with E-state index in [1.807, 2.05) is 6.07 Å². The maximum absolute atomic E-state index is 6.07. The first-order valence-electron chi connectivity index (χ1n) is 4.82. The van der Waals surface area contributed by atoms with Crippen LogP contribution in [0.15, 0.2) is 41.1 Å². The molecule has 0 aliphatic carbocycles. The largest absolute Gasteiger partial charge is 0.455 e. The summed E-state index contributed by atoms with van der Waals surface area (Å²) >= 11 is 15.2. The third kappa shape index (κ3) is 3.12. The molecule has 88 valence electrons. The Morgan fingerprint density at radius 2 is 2.06 bits per heavy atom. The fourth-order valence-electron chi connectivity index (χ4n) is 1.29. The first-order valence-corrected chi connectivity index (χ1v) is 6.53. The van der Waals surface area contributed by atoms with Gasteiger partial charge in [-0.3, -0.25) is 4.98 Å². The van der Waals surface area contributed by atoms with Gasteiger partial charge in [0.1, 0.15) is 11.5 Å². The van der Waals surface area contributed by atoms with Gasteiger partial charge >= 0.3 is 0 Å². The topological polar surface area (TPSA) is 22.1 Å². The quantitative estimate of drug-likeness (QED) is 0.735. The van der Waals surface area contributed by atoms with E-state index in [9.17, 15) is 0 Å². The Morgan fingerprint density at radius 3 is 2.76 bits per heavy atom.